The smallest absolute Gasteiger partial charge is 0.260 e. The lowest BCUT2D eigenvalue weighted by atomic mass is 10.5. The first-order valence-electron chi connectivity index (χ1n) is 5.18. The minimum Gasteiger partial charge on any atom is -0.381 e. The molecule has 3 N–H and O–H groups in total. The number of anilines is 1. The third-order valence-electron chi connectivity index (χ3n) is 2.43. The minimum atomic E-state index is -3.78. The van der Waals surface area contributed by atoms with Gasteiger partial charge in [0, 0.05) is 17.6 Å². The van der Waals surface area contributed by atoms with Crippen molar-refractivity contribution in [3.05, 3.63) is 29.6 Å². The lowest BCUT2D eigenvalue weighted by molar-refractivity contribution is 0.380. The van der Waals surface area contributed by atoms with Crippen molar-refractivity contribution in [2.75, 3.05) is 5.73 Å². The SMILES string of the molecule is Nc1nc2sccn2c1S(=O)(=O)NCc1ccno1. The number of sulfonamides is 1. The summed E-state index contributed by atoms with van der Waals surface area (Å²) in [6.07, 6.45) is 3.04. The fourth-order valence-electron chi connectivity index (χ4n) is 1.62. The van der Waals surface area contributed by atoms with Crippen molar-refractivity contribution in [2.24, 2.45) is 0 Å². The third kappa shape index (κ3) is 2.09. The summed E-state index contributed by atoms with van der Waals surface area (Å²) in [7, 11) is -3.78. The second kappa shape index (κ2) is 4.33. The molecule has 0 aliphatic rings. The van der Waals surface area contributed by atoms with E-state index in [0.29, 0.717) is 10.7 Å². The van der Waals surface area contributed by atoms with Gasteiger partial charge in [0.25, 0.3) is 10.0 Å². The molecular formula is C9H9N5O3S2. The predicted octanol–water partition coefficient (Wildman–Crippen LogP) is 0.444. The number of nitrogens with two attached hydrogens (primary N) is 1. The van der Waals surface area contributed by atoms with Crippen LogP contribution in [-0.4, -0.2) is 23.0 Å². The van der Waals surface area contributed by atoms with Gasteiger partial charge < -0.3 is 10.3 Å². The molecule has 0 aromatic carbocycles. The fraction of sp³-hybridized carbons (Fsp3) is 0.111. The maximum atomic E-state index is 12.2. The molecule has 3 rings (SSSR count). The summed E-state index contributed by atoms with van der Waals surface area (Å²) in [5.41, 5.74) is 5.65. The van der Waals surface area contributed by atoms with Crippen molar-refractivity contribution in [3.8, 4) is 0 Å². The Kier molecular flexibility index (Phi) is 2.77. The first-order chi connectivity index (χ1) is 9.08. The van der Waals surface area contributed by atoms with E-state index in [1.54, 1.807) is 17.6 Å². The van der Waals surface area contributed by atoms with Crippen LogP contribution in [0.15, 0.2) is 33.4 Å². The Morgan fingerprint density at radius 3 is 3.11 bits per heavy atom. The predicted molar refractivity (Wildman–Crippen MR) is 68.0 cm³/mol. The Morgan fingerprint density at radius 2 is 2.37 bits per heavy atom. The topological polar surface area (TPSA) is 116 Å². The molecule has 8 nitrogen and oxygen atoms in total. The highest BCUT2D eigenvalue weighted by atomic mass is 32.2. The van der Waals surface area contributed by atoms with Crippen LogP contribution in [0, 0.1) is 0 Å². The molecule has 0 saturated heterocycles. The lowest BCUT2D eigenvalue weighted by Crippen LogP contribution is -2.25. The number of imidazole rings is 1. The zero-order chi connectivity index (χ0) is 13.5. The largest absolute Gasteiger partial charge is 0.381 e. The highest BCUT2D eigenvalue weighted by Gasteiger charge is 2.24. The second-order valence-electron chi connectivity index (χ2n) is 3.66. The monoisotopic (exact) mass is 299 g/mol. The highest BCUT2D eigenvalue weighted by molar-refractivity contribution is 7.89. The number of thiazole rings is 1. The molecule has 19 heavy (non-hydrogen) atoms. The molecular weight excluding hydrogens is 290 g/mol. The Hall–Kier alpha value is -1.91. The number of aromatic nitrogens is 3. The van der Waals surface area contributed by atoms with Crippen LogP contribution in [0.4, 0.5) is 5.82 Å². The van der Waals surface area contributed by atoms with Gasteiger partial charge in [0.2, 0.25) is 0 Å². The van der Waals surface area contributed by atoms with Gasteiger partial charge in [-0.05, 0) is 0 Å². The molecule has 3 heterocycles. The lowest BCUT2D eigenvalue weighted by Gasteiger charge is -2.04. The van der Waals surface area contributed by atoms with Gasteiger partial charge in [-0.2, -0.15) is 0 Å². The van der Waals surface area contributed by atoms with Crippen LogP contribution in [0.25, 0.3) is 4.96 Å². The van der Waals surface area contributed by atoms with E-state index in [-0.39, 0.29) is 17.4 Å². The number of rotatable bonds is 4. The van der Waals surface area contributed by atoms with Crippen molar-refractivity contribution in [1.29, 1.82) is 0 Å². The van der Waals surface area contributed by atoms with Crippen molar-refractivity contribution >= 4 is 32.1 Å². The van der Waals surface area contributed by atoms with E-state index in [1.165, 1.54) is 21.9 Å². The standard InChI is InChI=1S/C9H9N5O3S2/c10-7-8(14-3-4-18-9(14)13-7)19(15,16)12-5-6-1-2-11-17-6/h1-4,12H,5,10H2. The van der Waals surface area contributed by atoms with Crippen LogP contribution in [0.2, 0.25) is 0 Å². The summed E-state index contributed by atoms with van der Waals surface area (Å²) in [6.45, 7) is -0.000849. The Morgan fingerprint density at radius 1 is 1.53 bits per heavy atom. The summed E-state index contributed by atoms with van der Waals surface area (Å²) in [4.78, 5) is 4.51. The van der Waals surface area contributed by atoms with Crippen molar-refractivity contribution in [1.82, 2.24) is 19.3 Å². The van der Waals surface area contributed by atoms with Crippen LogP contribution >= 0.6 is 11.3 Å². The molecule has 3 aromatic rings. The normalized spacial score (nSPS) is 12.2. The number of nitrogen functional groups attached to an aromatic ring is 1. The van der Waals surface area contributed by atoms with E-state index in [2.05, 4.69) is 14.9 Å². The summed E-state index contributed by atoms with van der Waals surface area (Å²) >= 11 is 1.31. The van der Waals surface area contributed by atoms with E-state index in [4.69, 9.17) is 10.3 Å². The van der Waals surface area contributed by atoms with Crippen molar-refractivity contribution in [2.45, 2.75) is 11.6 Å². The molecule has 0 radical (unpaired) electrons. The van der Waals surface area contributed by atoms with Gasteiger partial charge in [-0.15, -0.1) is 11.3 Å². The maximum Gasteiger partial charge on any atom is 0.260 e. The highest BCUT2D eigenvalue weighted by Crippen LogP contribution is 2.23. The first kappa shape index (κ1) is 12.1. The van der Waals surface area contributed by atoms with Gasteiger partial charge in [0.15, 0.2) is 21.6 Å². The quantitative estimate of drug-likeness (QED) is 0.722. The zero-order valence-corrected chi connectivity index (χ0v) is 11.1. The molecule has 0 atom stereocenters. The molecule has 0 aliphatic heterocycles. The number of nitrogens with zero attached hydrogens (tertiary/aromatic N) is 3. The fourth-order valence-corrected chi connectivity index (χ4v) is 3.59. The number of hydrogen-bond donors (Lipinski definition) is 2. The molecule has 3 aromatic heterocycles. The van der Waals surface area contributed by atoms with Crippen molar-refractivity contribution in [3.63, 3.8) is 0 Å². The average molecular weight is 299 g/mol. The summed E-state index contributed by atoms with van der Waals surface area (Å²) in [5.74, 6) is 0.380. The Balaban J connectivity index is 1.95. The molecule has 0 bridgehead atoms. The van der Waals surface area contributed by atoms with Crippen LogP contribution < -0.4 is 10.5 Å². The number of fused-ring (bicyclic) bond motifs is 1. The van der Waals surface area contributed by atoms with Crippen LogP contribution in [0.1, 0.15) is 5.76 Å². The zero-order valence-electron chi connectivity index (χ0n) is 9.48. The maximum absolute atomic E-state index is 12.2. The summed E-state index contributed by atoms with van der Waals surface area (Å²) in [5, 5.41) is 5.16. The minimum absolute atomic E-state index is 0.000849. The molecule has 0 fully saturated rings. The Labute approximate surface area is 111 Å². The van der Waals surface area contributed by atoms with E-state index >= 15 is 0 Å². The average Bonchev–Trinajstić information content (AvgIpc) is 3.01. The van der Waals surface area contributed by atoms with Crippen LogP contribution in [0.5, 0.6) is 0 Å². The van der Waals surface area contributed by atoms with Crippen molar-refractivity contribution < 1.29 is 12.9 Å². The van der Waals surface area contributed by atoms with Gasteiger partial charge in [-0.3, -0.25) is 4.40 Å². The van der Waals surface area contributed by atoms with Gasteiger partial charge in [0.05, 0.1) is 12.7 Å². The van der Waals surface area contributed by atoms with E-state index in [0.717, 1.165) is 0 Å². The summed E-state index contributed by atoms with van der Waals surface area (Å²) in [6, 6.07) is 1.57. The molecule has 0 aliphatic carbocycles. The molecule has 0 amide bonds. The van der Waals surface area contributed by atoms with Crippen LogP contribution in [0.3, 0.4) is 0 Å². The van der Waals surface area contributed by atoms with E-state index in [1.807, 2.05) is 0 Å². The number of nitrogens with one attached hydrogen (secondary N) is 1. The summed E-state index contributed by atoms with van der Waals surface area (Å²) < 4.78 is 33.1. The molecule has 100 valence electrons. The first-order valence-corrected chi connectivity index (χ1v) is 7.54. The van der Waals surface area contributed by atoms with Gasteiger partial charge >= 0.3 is 0 Å². The number of hydrogen-bond acceptors (Lipinski definition) is 7. The van der Waals surface area contributed by atoms with Crippen LogP contribution in [-0.2, 0) is 16.6 Å². The van der Waals surface area contributed by atoms with E-state index in [9.17, 15) is 8.42 Å². The molecule has 10 heteroatoms. The Bertz CT molecular complexity index is 802. The second-order valence-corrected chi connectivity index (χ2v) is 6.22. The molecule has 0 spiro atoms. The van der Waals surface area contributed by atoms with Gasteiger partial charge in [0.1, 0.15) is 0 Å². The molecule has 0 saturated carbocycles. The third-order valence-corrected chi connectivity index (χ3v) is 4.62. The van der Waals surface area contributed by atoms with E-state index < -0.39 is 10.0 Å². The molecule has 0 unspecified atom stereocenters. The van der Waals surface area contributed by atoms with Gasteiger partial charge in [-0.25, -0.2) is 18.1 Å². The van der Waals surface area contributed by atoms with Gasteiger partial charge in [-0.1, -0.05) is 5.16 Å².